The normalized spacial score (nSPS) is 18.0. The summed E-state index contributed by atoms with van der Waals surface area (Å²) in [5, 5.41) is 6.92. The van der Waals surface area contributed by atoms with E-state index in [0.717, 1.165) is 25.5 Å². The van der Waals surface area contributed by atoms with Crippen molar-refractivity contribution in [1.82, 2.24) is 20.1 Å². The van der Waals surface area contributed by atoms with Gasteiger partial charge in [-0.05, 0) is 32.4 Å². The molecule has 0 saturated carbocycles. The fourth-order valence-corrected chi connectivity index (χ4v) is 3.33. The maximum Gasteiger partial charge on any atom is 0.223 e. The van der Waals surface area contributed by atoms with Crippen molar-refractivity contribution in [3.8, 4) is 0 Å². The highest BCUT2D eigenvalue weighted by Crippen LogP contribution is 2.23. The van der Waals surface area contributed by atoms with Crippen LogP contribution in [0.2, 0.25) is 0 Å². The summed E-state index contributed by atoms with van der Waals surface area (Å²) in [5.74, 6) is 1.69. The number of amides is 1. The van der Waals surface area contributed by atoms with E-state index in [-0.39, 0.29) is 11.9 Å². The summed E-state index contributed by atoms with van der Waals surface area (Å²) in [6, 6.07) is 8.64. The van der Waals surface area contributed by atoms with E-state index in [0.29, 0.717) is 18.7 Å². The van der Waals surface area contributed by atoms with Crippen molar-refractivity contribution in [2.24, 2.45) is 0 Å². The highest BCUT2D eigenvalue weighted by atomic mass is 16.2. The second-order valence-corrected chi connectivity index (χ2v) is 6.51. The Kier molecular flexibility index (Phi) is 4.83. The van der Waals surface area contributed by atoms with E-state index in [1.807, 2.05) is 11.8 Å². The number of rotatable bonds is 4. The quantitative estimate of drug-likeness (QED) is 0.934. The minimum Gasteiger partial charge on any atom is -0.367 e. The lowest BCUT2D eigenvalue weighted by Gasteiger charge is -2.41. The average Bonchev–Trinajstić information content (AvgIpc) is 2.98. The van der Waals surface area contributed by atoms with E-state index in [1.165, 1.54) is 11.3 Å². The van der Waals surface area contributed by atoms with Gasteiger partial charge in [0.2, 0.25) is 5.91 Å². The van der Waals surface area contributed by atoms with E-state index in [9.17, 15) is 4.79 Å². The summed E-state index contributed by atoms with van der Waals surface area (Å²) in [6.07, 6.45) is 1.06. The molecule has 1 aliphatic heterocycles. The number of nitrogens with zero attached hydrogens (tertiary/aromatic N) is 4. The van der Waals surface area contributed by atoms with Crippen molar-refractivity contribution in [3.63, 3.8) is 0 Å². The van der Waals surface area contributed by atoms with E-state index in [2.05, 4.69) is 58.2 Å². The van der Waals surface area contributed by atoms with Gasteiger partial charge >= 0.3 is 0 Å². The van der Waals surface area contributed by atoms with Crippen LogP contribution in [0, 0.1) is 13.8 Å². The molecule has 6 nitrogen and oxygen atoms in total. The predicted octanol–water partition coefficient (Wildman–Crippen LogP) is 2.09. The Bertz CT molecular complexity index is 711. The number of para-hydroxylation sites is 1. The SMILES string of the molecule is Cc1nc(CCC(=O)N2CCN(c3ccccc3C)C[C@H]2C)n[nH]1. The van der Waals surface area contributed by atoms with E-state index >= 15 is 0 Å². The van der Waals surface area contributed by atoms with Crippen molar-refractivity contribution in [3.05, 3.63) is 41.5 Å². The number of hydrogen-bond acceptors (Lipinski definition) is 4. The van der Waals surface area contributed by atoms with Crippen molar-refractivity contribution in [2.75, 3.05) is 24.5 Å². The van der Waals surface area contributed by atoms with Crippen LogP contribution in [-0.2, 0) is 11.2 Å². The third-order valence-corrected chi connectivity index (χ3v) is 4.61. The van der Waals surface area contributed by atoms with E-state index < -0.39 is 0 Å². The molecule has 1 N–H and O–H groups in total. The number of piperazine rings is 1. The monoisotopic (exact) mass is 327 g/mol. The van der Waals surface area contributed by atoms with Crippen LogP contribution in [0.25, 0.3) is 0 Å². The first-order valence-electron chi connectivity index (χ1n) is 8.52. The molecule has 1 aromatic heterocycles. The molecule has 6 heteroatoms. The molecule has 1 amide bonds. The van der Waals surface area contributed by atoms with Crippen LogP contribution in [0.1, 0.15) is 30.6 Å². The largest absolute Gasteiger partial charge is 0.367 e. The second kappa shape index (κ2) is 7.03. The lowest BCUT2D eigenvalue weighted by molar-refractivity contribution is -0.133. The molecule has 3 rings (SSSR count). The minimum absolute atomic E-state index is 0.189. The van der Waals surface area contributed by atoms with Crippen molar-refractivity contribution in [1.29, 1.82) is 0 Å². The highest BCUT2D eigenvalue weighted by molar-refractivity contribution is 5.77. The maximum absolute atomic E-state index is 12.5. The van der Waals surface area contributed by atoms with Crippen molar-refractivity contribution < 1.29 is 4.79 Å². The standard InChI is InChI=1S/C18H25N5O/c1-13-6-4-5-7-16(13)22-10-11-23(14(2)12-22)18(24)9-8-17-19-15(3)20-21-17/h4-7,14H,8-12H2,1-3H3,(H,19,20,21)/t14-/m1/s1. The van der Waals surface area contributed by atoms with Crippen LogP contribution in [0.5, 0.6) is 0 Å². The van der Waals surface area contributed by atoms with Gasteiger partial charge in [0, 0.05) is 44.2 Å². The molecular formula is C18H25N5O. The lowest BCUT2D eigenvalue weighted by atomic mass is 10.1. The van der Waals surface area contributed by atoms with Crippen LogP contribution < -0.4 is 4.90 Å². The molecule has 2 aromatic rings. The Labute approximate surface area is 142 Å². The molecule has 24 heavy (non-hydrogen) atoms. The van der Waals surface area contributed by atoms with Crippen molar-refractivity contribution in [2.45, 2.75) is 39.7 Å². The summed E-state index contributed by atoms with van der Waals surface area (Å²) in [6.45, 7) is 8.64. The van der Waals surface area contributed by atoms with Crippen molar-refractivity contribution >= 4 is 11.6 Å². The Hall–Kier alpha value is -2.37. The number of aryl methyl sites for hydroxylation is 3. The Morgan fingerprint density at radius 1 is 1.29 bits per heavy atom. The summed E-state index contributed by atoms with van der Waals surface area (Å²) in [5.41, 5.74) is 2.55. The summed E-state index contributed by atoms with van der Waals surface area (Å²) >= 11 is 0. The molecule has 1 fully saturated rings. The number of carbonyl (C=O) groups is 1. The van der Waals surface area contributed by atoms with Gasteiger partial charge in [-0.25, -0.2) is 4.98 Å². The van der Waals surface area contributed by atoms with Gasteiger partial charge in [0.25, 0.3) is 0 Å². The number of aromatic nitrogens is 3. The number of benzene rings is 1. The molecule has 0 bridgehead atoms. The first-order chi connectivity index (χ1) is 11.5. The summed E-state index contributed by atoms with van der Waals surface area (Å²) in [7, 11) is 0. The molecule has 2 heterocycles. The van der Waals surface area contributed by atoms with Crippen LogP contribution in [0.4, 0.5) is 5.69 Å². The first kappa shape index (κ1) is 16.5. The average molecular weight is 327 g/mol. The molecule has 1 atom stereocenters. The highest BCUT2D eigenvalue weighted by Gasteiger charge is 2.27. The summed E-state index contributed by atoms with van der Waals surface area (Å²) < 4.78 is 0. The fraction of sp³-hybridized carbons (Fsp3) is 0.500. The topological polar surface area (TPSA) is 65.1 Å². The molecule has 1 aromatic carbocycles. The lowest BCUT2D eigenvalue weighted by Crippen LogP contribution is -2.54. The zero-order valence-electron chi connectivity index (χ0n) is 14.6. The van der Waals surface area contributed by atoms with E-state index in [4.69, 9.17) is 0 Å². The third kappa shape index (κ3) is 3.58. The van der Waals surface area contributed by atoms with Gasteiger partial charge < -0.3 is 9.80 Å². The number of aromatic amines is 1. The predicted molar refractivity (Wildman–Crippen MR) is 94.0 cm³/mol. The fourth-order valence-electron chi connectivity index (χ4n) is 3.33. The third-order valence-electron chi connectivity index (χ3n) is 4.61. The summed E-state index contributed by atoms with van der Waals surface area (Å²) in [4.78, 5) is 21.2. The Balaban J connectivity index is 1.57. The van der Waals surface area contributed by atoms with Crippen LogP contribution >= 0.6 is 0 Å². The van der Waals surface area contributed by atoms with Gasteiger partial charge in [-0.2, -0.15) is 5.10 Å². The van der Waals surface area contributed by atoms with Gasteiger partial charge in [-0.15, -0.1) is 0 Å². The number of H-pyrrole nitrogens is 1. The number of nitrogens with one attached hydrogen (secondary N) is 1. The molecule has 1 saturated heterocycles. The number of anilines is 1. The smallest absolute Gasteiger partial charge is 0.223 e. The van der Waals surface area contributed by atoms with Crippen LogP contribution in [-0.4, -0.2) is 51.7 Å². The van der Waals surface area contributed by atoms with Gasteiger partial charge in [-0.3, -0.25) is 9.89 Å². The van der Waals surface area contributed by atoms with Crippen LogP contribution in [0.3, 0.4) is 0 Å². The molecule has 128 valence electrons. The Morgan fingerprint density at radius 3 is 2.75 bits per heavy atom. The number of hydrogen-bond donors (Lipinski definition) is 1. The molecule has 0 spiro atoms. The zero-order chi connectivity index (χ0) is 17.1. The van der Waals surface area contributed by atoms with E-state index in [1.54, 1.807) is 0 Å². The number of carbonyl (C=O) groups excluding carboxylic acids is 1. The van der Waals surface area contributed by atoms with Crippen LogP contribution in [0.15, 0.2) is 24.3 Å². The van der Waals surface area contributed by atoms with Gasteiger partial charge in [0.1, 0.15) is 5.82 Å². The molecule has 1 aliphatic rings. The Morgan fingerprint density at radius 2 is 2.08 bits per heavy atom. The molecule has 0 radical (unpaired) electrons. The minimum atomic E-state index is 0.189. The maximum atomic E-state index is 12.5. The first-order valence-corrected chi connectivity index (χ1v) is 8.52. The molecular weight excluding hydrogens is 302 g/mol. The molecule has 0 aliphatic carbocycles. The van der Waals surface area contributed by atoms with Gasteiger partial charge in [0.15, 0.2) is 5.82 Å². The van der Waals surface area contributed by atoms with Gasteiger partial charge in [0.05, 0.1) is 0 Å². The second-order valence-electron chi connectivity index (χ2n) is 6.51. The van der Waals surface area contributed by atoms with Gasteiger partial charge in [-0.1, -0.05) is 18.2 Å². The molecule has 0 unspecified atom stereocenters. The zero-order valence-corrected chi connectivity index (χ0v) is 14.6.